The molecule has 0 saturated heterocycles. The zero-order chi connectivity index (χ0) is 20.0. The van der Waals surface area contributed by atoms with E-state index in [1.54, 1.807) is 7.05 Å². The van der Waals surface area contributed by atoms with E-state index in [0.717, 1.165) is 35.5 Å². The summed E-state index contributed by atoms with van der Waals surface area (Å²) in [6.07, 6.45) is 1.72. The highest BCUT2D eigenvalue weighted by Crippen LogP contribution is 2.33. The third-order valence-electron chi connectivity index (χ3n) is 5.32. The first kappa shape index (κ1) is 19.0. The highest BCUT2D eigenvalue weighted by atomic mass is 79.9. The van der Waals surface area contributed by atoms with Crippen LogP contribution in [-0.2, 0) is 20.1 Å². The molecule has 0 amide bonds. The van der Waals surface area contributed by atoms with E-state index in [9.17, 15) is 9.59 Å². The van der Waals surface area contributed by atoms with E-state index < -0.39 is 0 Å². The van der Waals surface area contributed by atoms with Crippen LogP contribution in [0.3, 0.4) is 0 Å². The van der Waals surface area contributed by atoms with Crippen molar-refractivity contribution in [2.45, 2.75) is 39.8 Å². The normalized spacial score (nSPS) is 16.6. The van der Waals surface area contributed by atoms with Crippen LogP contribution in [0.2, 0.25) is 0 Å². The van der Waals surface area contributed by atoms with Crippen molar-refractivity contribution in [1.29, 1.82) is 0 Å². The van der Waals surface area contributed by atoms with Gasteiger partial charge in [0.25, 0.3) is 5.56 Å². The third kappa shape index (κ3) is 2.99. The van der Waals surface area contributed by atoms with Gasteiger partial charge in [0.05, 0.1) is 0 Å². The van der Waals surface area contributed by atoms with Gasteiger partial charge in [-0.15, -0.1) is 0 Å². The van der Waals surface area contributed by atoms with Crippen LogP contribution in [0, 0.1) is 5.92 Å². The van der Waals surface area contributed by atoms with E-state index in [-0.39, 0.29) is 11.2 Å². The van der Waals surface area contributed by atoms with Gasteiger partial charge in [0.1, 0.15) is 0 Å². The molecule has 1 aliphatic rings. The molecule has 0 aliphatic carbocycles. The maximum absolute atomic E-state index is 13.2. The lowest BCUT2D eigenvalue weighted by Gasteiger charge is -2.33. The minimum atomic E-state index is -0.301. The van der Waals surface area contributed by atoms with Crippen molar-refractivity contribution < 1.29 is 0 Å². The van der Waals surface area contributed by atoms with Crippen molar-refractivity contribution in [2.75, 3.05) is 11.4 Å². The summed E-state index contributed by atoms with van der Waals surface area (Å²) < 4.78 is 5.85. The number of aryl methyl sites for hydroxylation is 1. The van der Waals surface area contributed by atoms with Crippen LogP contribution in [0.5, 0.6) is 0 Å². The molecule has 0 N–H and O–H groups in total. The third-order valence-corrected chi connectivity index (χ3v) is 5.84. The lowest BCUT2D eigenvalue weighted by Crippen LogP contribution is -2.40. The fourth-order valence-electron chi connectivity index (χ4n) is 3.86. The number of imidazole rings is 1. The van der Waals surface area contributed by atoms with Crippen molar-refractivity contribution >= 4 is 38.7 Å². The molecule has 1 unspecified atom stereocenters. The van der Waals surface area contributed by atoms with Crippen molar-refractivity contribution in [3.63, 3.8) is 0 Å². The van der Waals surface area contributed by atoms with Gasteiger partial charge in [0, 0.05) is 36.8 Å². The highest BCUT2D eigenvalue weighted by molar-refractivity contribution is 9.10. The number of hydrogen-bond acceptors (Lipinski definition) is 4. The Morgan fingerprint density at radius 1 is 1.18 bits per heavy atom. The van der Waals surface area contributed by atoms with Gasteiger partial charge >= 0.3 is 5.69 Å². The lowest BCUT2D eigenvalue weighted by atomic mass is 10.1. The van der Waals surface area contributed by atoms with Crippen LogP contribution < -0.4 is 16.1 Å². The zero-order valence-electron chi connectivity index (χ0n) is 16.4. The average molecular weight is 446 g/mol. The Balaban J connectivity index is 1.96. The Morgan fingerprint density at radius 2 is 1.89 bits per heavy atom. The number of nitrogens with zero attached hydrogens (tertiary/aromatic N) is 5. The maximum atomic E-state index is 13.2. The van der Waals surface area contributed by atoms with Gasteiger partial charge in [-0.2, -0.15) is 4.98 Å². The number of benzene rings is 1. The molecule has 3 aromatic rings. The van der Waals surface area contributed by atoms with E-state index in [0.29, 0.717) is 30.2 Å². The number of rotatable bonds is 4. The molecule has 0 spiro atoms. The molecule has 7 nitrogen and oxygen atoms in total. The molecule has 0 bridgehead atoms. The van der Waals surface area contributed by atoms with Gasteiger partial charge in [0.15, 0.2) is 11.2 Å². The number of halogens is 1. The maximum Gasteiger partial charge on any atom is 0.332 e. The summed E-state index contributed by atoms with van der Waals surface area (Å²) in [5, 5.41) is 0. The van der Waals surface area contributed by atoms with Crippen LogP contribution in [-0.4, -0.2) is 25.2 Å². The first-order chi connectivity index (χ1) is 13.4. The highest BCUT2D eigenvalue weighted by Gasteiger charge is 2.29. The van der Waals surface area contributed by atoms with Gasteiger partial charge in [-0.25, -0.2) is 4.79 Å². The minimum absolute atomic E-state index is 0.241. The summed E-state index contributed by atoms with van der Waals surface area (Å²) in [4.78, 5) is 32.8. The predicted molar refractivity (Wildman–Crippen MR) is 114 cm³/mol. The fourth-order valence-corrected chi connectivity index (χ4v) is 4.12. The predicted octanol–water partition coefficient (Wildman–Crippen LogP) is 3.25. The lowest BCUT2D eigenvalue weighted by molar-refractivity contribution is 0.457. The summed E-state index contributed by atoms with van der Waals surface area (Å²) >= 11 is 3.48. The van der Waals surface area contributed by atoms with Crippen LogP contribution in [0.4, 0.5) is 11.6 Å². The van der Waals surface area contributed by atoms with Crippen LogP contribution in [0.25, 0.3) is 11.2 Å². The van der Waals surface area contributed by atoms with E-state index in [1.165, 1.54) is 9.13 Å². The van der Waals surface area contributed by atoms with E-state index in [1.807, 2.05) is 35.8 Å². The summed E-state index contributed by atoms with van der Waals surface area (Å²) in [7, 11) is 1.69. The van der Waals surface area contributed by atoms with E-state index in [4.69, 9.17) is 4.98 Å². The molecule has 0 fully saturated rings. The number of fused-ring (bicyclic) bond motifs is 3. The second kappa shape index (κ2) is 7.24. The van der Waals surface area contributed by atoms with Gasteiger partial charge < -0.3 is 9.47 Å². The second-order valence-electron chi connectivity index (χ2n) is 7.54. The molecule has 2 aromatic heterocycles. The molecule has 3 heterocycles. The number of anilines is 2. The zero-order valence-corrected chi connectivity index (χ0v) is 17.9. The fraction of sp³-hybridized carbons (Fsp3) is 0.450. The Hall–Kier alpha value is -2.35. The molecule has 4 rings (SSSR count). The molecular weight excluding hydrogens is 422 g/mol. The molecule has 28 heavy (non-hydrogen) atoms. The molecular formula is C20H24BrN5O2. The van der Waals surface area contributed by atoms with Gasteiger partial charge in [0.2, 0.25) is 5.95 Å². The Labute approximate surface area is 171 Å². The van der Waals surface area contributed by atoms with E-state index in [2.05, 4.69) is 27.8 Å². The van der Waals surface area contributed by atoms with Crippen molar-refractivity contribution in [1.82, 2.24) is 18.7 Å². The Kier molecular flexibility index (Phi) is 4.91. The summed E-state index contributed by atoms with van der Waals surface area (Å²) in [6, 6.07) is 8.05. The smallest absolute Gasteiger partial charge is 0.312 e. The first-order valence-corrected chi connectivity index (χ1v) is 10.4. The summed E-state index contributed by atoms with van der Waals surface area (Å²) in [6.45, 7) is 6.16. The average Bonchev–Trinajstić information content (AvgIpc) is 3.06. The van der Waals surface area contributed by atoms with Crippen molar-refractivity contribution in [2.24, 2.45) is 13.0 Å². The topological polar surface area (TPSA) is 65.1 Å². The van der Waals surface area contributed by atoms with Crippen LogP contribution >= 0.6 is 15.9 Å². The van der Waals surface area contributed by atoms with Crippen LogP contribution in [0.15, 0.2) is 38.3 Å². The van der Waals surface area contributed by atoms with Crippen LogP contribution in [0.1, 0.15) is 26.7 Å². The molecule has 0 radical (unpaired) electrons. The first-order valence-electron chi connectivity index (χ1n) is 9.65. The van der Waals surface area contributed by atoms with E-state index >= 15 is 0 Å². The Bertz CT molecular complexity index is 1140. The molecule has 1 atom stereocenters. The quantitative estimate of drug-likeness (QED) is 0.617. The molecule has 1 aliphatic heterocycles. The summed E-state index contributed by atoms with van der Waals surface area (Å²) in [5.74, 6) is 1.06. The van der Waals surface area contributed by atoms with Gasteiger partial charge in [-0.3, -0.25) is 13.9 Å². The standard InChI is InChI=1S/C20H24BrN5O2/c1-4-5-10-24-18(27)16-17(23(3)20(24)28)22-19-25(11-13(2)12-26(16)19)15-8-6-14(21)7-9-15/h6-9,13H,4-5,10-12H2,1-3H3. The molecule has 148 valence electrons. The Morgan fingerprint density at radius 3 is 2.57 bits per heavy atom. The number of hydrogen-bond donors (Lipinski definition) is 0. The number of aromatic nitrogens is 4. The largest absolute Gasteiger partial charge is 0.332 e. The molecule has 1 aromatic carbocycles. The van der Waals surface area contributed by atoms with Crippen molar-refractivity contribution in [3.8, 4) is 0 Å². The number of unbranched alkanes of at least 4 members (excludes halogenated alkanes) is 1. The SMILES string of the molecule is CCCCn1c(=O)c2c(nc3n2CC(C)CN3c2ccc(Br)cc2)n(C)c1=O. The molecule has 0 saturated carbocycles. The summed E-state index contributed by atoms with van der Waals surface area (Å²) in [5.41, 5.74) is 1.44. The second-order valence-corrected chi connectivity index (χ2v) is 8.45. The van der Waals surface area contributed by atoms with Crippen molar-refractivity contribution in [3.05, 3.63) is 49.6 Å². The monoisotopic (exact) mass is 445 g/mol. The van der Waals surface area contributed by atoms with Gasteiger partial charge in [-0.05, 0) is 36.6 Å². The minimum Gasteiger partial charge on any atom is -0.312 e. The molecule has 8 heteroatoms. The van der Waals surface area contributed by atoms with Gasteiger partial charge in [-0.1, -0.05) is 36.2 Å².